The van der Waals surface area contributed by atoms with Gasteiger partial charge in [0.25, 0.3) is 0 Å². The van der Waals surface area contributed by atoms with Crippen molar-refractivity contribution in [3.8, 4) is 0 Å². The molecule has 1 fully saturated rings. The van der Waals surface area contributed by atoms with Gasteiger partial charge in [0.05, 0.1) is 11.2 Å². The molecule has 5 rings (SSSR count). The van der Waals surface area contributed by atoms with Crippen LogP contribution in [-0.4, -0.2) is 40.0 Å². The first-order chi connectivity index (χ1) is 17.6. The van der Waals surface area contributed by atoms with Crippen LogP contribution in [0.4, 0.5) is 9.59 Å². The van der Waals surface area contributed by atoms with Crippen LogP contribution in [-0.2, 0) is 22.7 Å². The summed E-state index contributed by atoms with van der Waals surface area (Å²) >= 11 is 3.64. The van der Waals surface area contributed by atoms with Crippen LogP contribution in [0.2, 0.25) is 0 Å². The zero-order valence-electron chi connectivity index (χ0n) is 19.7. The van der Waals surface area contributed by atoms with Gasteiger partial charge in [-0.1, -0.05) is 82.7 Å². The van der Waals surface area contributed by atoms with Crippen LogP contribution < -0.4 is 0 Å². The number of nitrogens with zero attached hydrogens (tertiary/aromatic N) is 3. The summed E-state index contributed by atoms with van der Waals surface area (Å²) in [5.74, 6) is 0.104. The fourth-order valence-corrected chi connectivity index (χ4v) is 5.06. The van der Waals surface area contributed by atoms with E-state index in [4.69, 9.17) is 14.6 Å². The summed E-state index contributed by atoms with van der Waals surface area (Å²) in [7, 11) is 0. The van der Waals surface area contributed by atoms with Crippen molar-refractivity contribution >= 4 is 39.0 Å². The topological polar surface area (TPSA) is 73.7 Å². The quantitative estimate of drug-likeness (QED) is 0.285. The van der Waals surface area contributed by atoms with E-state index in [1.165, 1.54) is 4.68 Å². The Labute approximate surface area is 217 Å². The summed E-state index contributed by atoms with van der Waals surface area (Å²) in [6, 6.07) is 24.9. The van der Waals surface area contributed by atoms with Crippen LogP contribution >= 0.6 is 15.9 Å². The number of carbonyl (C=O) groups is 2. The molecule has 2 heterocycles. The molecule has 0 N–H and O–H groups in total. The molecule has 184 valence electrons. The minimum absolute atomic E-state index is 0.104. The largest absolute Gasteiger partial charge is 0.445 e. The van der Waals surface area contributed by atoms with Crippen molar-refractivity contribution in [2.75, 3.05) is 13.1 Å². The van der Waals surface area contributed by atoms with Crippen LogP contribution in [0.1, 0.15) is 35.6 Å². The summed E-state index contributed by atoms with van der Waals surface area (Å²) in [6.07, 6.45) is 0.633. The van der Waals surface area contributed by atoms with Crippen molar-refractivity contribution in [3.05, 3.63) is 100 Å². The van der Waals surface area contributed by atoms with Gasteiger partial charge in [0, 0.05) is 28.9 Å². The second kappa shape index (κ2) is 11.0. The Bertz CT molecular complexity index is 1350. The van der Waals surface area contributed by atoms with Crippen molar-refractivity contribution in [1.82, 2.24) is 14.7 Å². The second-order valence-electron chi connectivity index (χ2n) is 8.77. The third-order valence-electron chi connectivity index (χ3n) is 6.41. The van der Waals surface area contributed by atoms with E-state index in [-0.39, 0.29) is 25.2 Å². The number of aromatic nitrogens is 2. The lowest BCUT2D eigenvalue weighted by atomic mass is 9.92. The monoisotopic (exact) mass is 547 g/mol. The van der Waals surface area contributed by atoms with E-state index in [1.807, 2.05) is 78.9 Å². The van der Waals surface area contributed by atoms with Gasteiger partial charge in [0.1, 0.15) is 13.2 Å². The second-order valence-corrected chi connectivity index (χ2v) is 9.63. The fourth-order valence-electron chi connectivity index (χ4n) is 4.51. The molecule has 0 radical (unpaired) electrons. The smallest absolute Gasteiger partial charge is 0.435 e. The average Bonchev–Trinajstić information content (AvgIpc) is 3.33. The molecule has 0 bridgehead atoms. The van der Waals surface area contributed by atoms with E-state index in [1.54, 1.807) is 4.90 Å². The van der Waals surface area contributed by atoms with Gasteiger partial charge in [-0.2, -0.15) is 9.78 Å². The Kier molecular flexibility index (Phi) is 7.32. The lowest BCUT2D eigenvalue weighted by molar-refractivity contribution is 0.0869. The summed E-state index contributed by atoms with van der Waals surface area (Å²) in [6.45, 7) is 1.56. The molecule has 36 heavy (non-hydrogen) atoms. The van der Waals surface area contributed by atoms with Crippen LogP contribution in [0.5, 0.6) is 0 Å². The number of amides is 1. The third kappa shape index (κ3) is 5.28. The standard InChI is InChI=1S/C28H26BrN3O4/c29-23-12-7-13-24-25(23)26(30-32(24)28(34)36-19-21-10-5-2-6-11-21)22-14-16-31(17-15-22)27(33)35-18-20-8-3-1-4-9-20/h1-13,22H,14-19H2. The Hall–Kier alpha value is -3.65. The van der Waals surface area contributed by atoms with Crippen LogP contribution in [0, 0.1) is 0 Å². The fraction of sp³-hybridized carbons (Fsp3) is 0.250. The molecule has 0 aliphatic carbocycles. The molecular weight excluding hydrogens is 522 g/mol. The van der Waals surface area contributed by atoms with E-state index in [2.05, 4.69) is 15.9 Å². The Morgan fingerprint density at radius 1 is 0.806 bits per heavy atom. The number of carbonyl (C=O) groups excluding carboxylic acids is 2. The highest BCUT2D eigenvalue weighted by Crippen LogP contribution is 2.36. The molecule has 1 aromatic heterocycles. The van der Waals surface area contributed by atoms with Gasteiger partial charge in [-0.15, -0.1) is 0 Å². The van der Waals surface area contributed by atoms with Crippen LogP contribution in [0.3, 0.4) is 0 Å². The molecule has 0 spiro atoms. The zero-order chi connectivity index (χ0) is 24.9. The number of ether oxygens (including phenoxy) is 2. The Balaban J connectivity index is 1.27. The SMILES string of the molecule is O=C(OCc1ccccc1)N1CCC(c2nn(C(=O)OCc3ccccc3)c3cccc(Br)c23)CC1. The molecule has 0 saturated carbocycles. The lowest BCUT2D eigenvalue weighted by Crippen LogP contribution is -2.38. The van der Waals surface area contributed by atoms with Crippen molar-refractivity contribution in [3.63, 3.8) is 0 Å². The molecule has 0 atom stereocenters. The van der Waals surface area contributed by atoms with E-state index >= 15 is 0 Å². The van der Waals surface area contributed by atoms with Crippen molar-refractivity contribution in [1.29, 1.82) is 0 Å². The number of fused-ring (bicyclic) bond motifs is 1. The molecule has 7 nitrogen and oxygen atoms in total. The summed E-state index contributed by atoms with van der Waals surface area (Å²) in [5.41, 5.74) is 3.41. The van der Waals surface area contributed by atoms with Gasteiger partial charge in [-0.05, 0) is 36.1 Å². The van der Waals surface area contributed by atoms with Gasteiger partial charge >= 0.3 is 12.2 Å². The molecule has 1 amide bonds. The minimum Gasteiger partial charge on any atom is -0.445 e. The molecule has 1 aliphatic heterocycles. The number of rotatable bonds is 5. The van der Waals surface area contributed by atoms with Crippen molar-refractivity contribution in [2.24, 2.45) is 0 Å². The summed E-state index contributed by atoms with van der Waals surface area (Å²) in [5, 5.41) is 5.61. The number of benzene rings is 3. The zero-order valence-corrected chi connectivity index (χ0v) is 21.3. The number of hydrogen-bond donors (Lipinski definition) is 0. The Morgan fingerprint density at radius 2 is 1.39 bits per heavy atom. The number of hydrogen-bond acceptors (Lipinski definition) is 5. The first kappa shape index (κ1) is 24.1. The van der Waals surface area contributed by atoms with E-state index in [0.29, 0.717) is 18.6 Å². The first-order valence-electron chi connectivity index (χ1n) is 11.9. The van der Waals surface area contributed by atoms with Crippen molar-refractivity contribution < 1.29 is 19.1 Å². The molecule has 3 aromatic carbocycles. The van der Waals surface area contributed by atoms with Gasteiger partial charge in [0.2, 0.25) is 0 Å². The molecule has 4 aromatic rings. The molecule has 1 saturated heterocycles. The van der Waals surface area contributed by atoms with Gasteiger partial charge in [-0.25, -0.2) is 9.59 Å². The minimum atomic E-state index is -0.518. The summed E-state index contributed by atoms with van der Waals surface area (Å²) in [4.78, 5) is 27.3. The van der Waals surface area contributed by atoms with E-state index in [9.17, 15) is 9.59 Å². The van der Waals surface area contributed by atoms with Crippen LogP contribution in [0.15, 0.2) is 83.3 Å². The molecule has 1 aliphatic rings. The van der Waals surface area contributed by atoms with Crippen LogP contribution in [0.25, 0.3) is 10.9 Å². The maximum atomic E-state index is 13.0. The third-order valence-corrected chi connectivity index (χ3v) is 7.07. The lowest BCUT2D eigenvalue weighted by Gasteiger charge is -2.30. The van der Waals surface area contributed by atoms with Gasteiger partial charge < -0.3 is 14.4 Å². The van der Waals surface area contributed by atoms with Crippen molar-refractivity contribution in [2.45, 2.75) is 32.0 Å². The number of halogens is 1. The normalized spacial score (nSPS) is 14.1. The predicted octanol–water partition coefficient (Wildman–Crippen LogP) is 6.50. The number of likely N-dealkylation sites (tertiary alicyclic amines) is 1. The van der Waals surface area contributed by atoms with Gasteiger partial charge in [0.15, 0.2) is 0 Å². The summed E-state index contributed by atoms with van der Waals surface area (Å²) < 4.78 is 13.3. The van der Waals surface area contributed by atoms with E-state index in [0.717, 1.165) is 39.5 Å². The maximum absolute atomic E-state index is 13.0. The maximum Gasteiger partial charge on any atom is 0.435 e. The average molecular weight is 548 g/mol. The Morgan fingerprint density at radius 3 is 2.00 bits per heavy atom. The molecule has 0 unspecified atom stereocenters. The first-order valence-corrected chi connectivity index (χ1v) is 12.7. The predicted molar refractivity (Wildman–Crippen MR) is 140 cm³/mol. The van der Waals surface area contributed by atoms with E-state index < -0.39 is 6.09 Å². The molecular formula is C28H26BrN3O4. The number of piperidine rings is 1. The molecule has 8 heteroatoms. The highest BCUT2D eigenvalue weighted by atomic mass is 79.9. The van der Waals surface area contributed by atoms with Gasteiger partial charge in [-0.3, -0.25) is 0 Å². The highest BCUT2D eigenvalue weighted by Gasteiger charge is 2.30. The highest BCUT2D eigenvalue weighted by molar-refractivity contribution is 9.10.